The Balaban J connectivity index is 1.74. The third-order valence-electron chi connectivity index (χ3n) is 7.83. The lowest BCUT2D eigenvalue weighted by Gasteiger charge is -2.58. The second-order valence-electron chi connectivity index (χ2n) is 8.23. The summed E-state index contributed by atoms with van der Waals surface area (Å²) in [5.41, 5.74) is 4.20. The predicted molar refractivity (Wildman–Crippen MR) is 91.5 cm³/mol. The van der Waals surface area contributed by atoms with Crippen LogP contribution in [0.1, 0.15) is 51.0 Å². The van der Waals surface area contributed by atoms with Crippen molar-refractivity contribution in [1.82, 2.24) is 4.90 Å². The molecule has 0 N–H and O–H groups in total. The van der Waals surface area contributed by atoms with Crippen molar-refractivity contribution in [2.75, 3.05) is 25.0 Å². The molecule has 118 valence electrons. The van der Waals surface area contributed by atoms with Gasteiger partial charge in [0.25, 0.3) is 0 Å². The van der Waals surface area contributed by atoms with Crippen LogP contribution in [0, 0.1) is 5.41 Å². The van der Waals surface area contributed by atoms with Gasteiger partial charge >= 0.3 is 0 Å². The Hall–Kier alpha value is -1.02. The summed E-state index contributed by atoms with van der Waals surface area (Å²) in [5, 5.41) is 0. The van der Waals surface area contributed by atoms with Gasteiger partial charge in [0, 0.05) is 30.2 Å². The maximum atomic E-state index is 2.88. The fraction of sp³-hybridized carbons (Fsp3) is 0.700. The second kappa shape index (κ2) is 4.29. The lowest BCUT2D eigenvalue weighted by Crippen LogP contribution is -2.64. The van der Waals surface area contributed by atoms with Crippen LogP contribution >= 0.6 is 0 Å². The molecule has 3 fully saturated rings. The molecule has 0 radical (unpaired) electrons. The van der Waals surface area contributed by atoms with Crippen molar-refractivity contribution in [2.45, 2.75) is 62.9 Å². The molecule has 1 aromatic rings. The van der Waals surface area contributed by atoms with Crippen molar-refractivity contribution < 1.29 is 0 Å². The molecule has 5 rings (SSSR count). The van der Waals surface area contributed by atoms with Gasteiger partial charge in [0.2, 0.25) is 0 Å². The van der Waals surface area contributed by atoms with E-state index in [9.17, 15) is 0 Å². The molecule has 1 aliphatic carbocycles. The highest BCUT2D eigenvalue weighted by atomic mass is 15.3. The number of likely N-dealkylation sites (N-methyl/N-ethyl adjacent to an activating group) is 1. The Morgan fingerprint density at radius 3 is 2.86 bits per heavy atom. The van der Waals surface area contributed by atoms with Crippen LogP contribution in [0.5, 0.6) is 0 Å². The van der Waals surface area contributed by atoms with Gasteiger partial charge < -0.3 is 4.90 Å². The number of benzene rings is 1. The van der Waals surface area contributed by atoms with Crippen LogP contribution in [0.2, 0.25) is 0 Å². The molecule has 0 unspecified atom stereocenters. The van der Waals surface area contributed by atoms with Crippen LogP contribution in [-0.2, 0) is 5.41 Å². The van der Waals surface area contributed by atoms with Crippen molar-refractivity contribution in [2.24, 2.45) is 5.41 Å². The zero-order valence-electron chi connectivity index (χ0n) is 14.0. The molecule has 3 heterocycles. The largest absolute Gasteiger partial charge is 0.370 e. The number of rotatable bonds is 1. The van der Waals surface area contributed by atoms with Gasteiger partial charge in [-0.1, -0.05) is 25.1 Å². The quantitative estimate of drug-likeness (QED) is 0.778. The van der Waals surface area contributed by atoms with E-state index in [-0.39, 0.29) is 0 Å². The zero-order chi connectivity index (χ0) is 14.9. The summed E-state index contributed by atoms with van der Waals surface area (Å²) in [6.45, 7) is 5.12. The van der Waals surface area contributed by atoms with Crippen LogP contribution in [0.3, 0.4) is 0 Å². The van der Waals surface area contributed by atoms with Crippen LogP contribution in [0.25, 0.3) is 0 Å². The van der Waals surface area contributed by atoms with E-state index in [4.69, 9.17) is 0 Å². The summed E-state index contributed by atoms with van der Waals surface area (Å²) < 4.78 is 0. The van der Waals surface area contributed by atoms with Gasteiger partial charge in [0.05, 0.1) is 0 Å². The zero-order valence-corrected chi connectivity index (χ0v) is 14.0. The fourth-order valence-electron chi connectivity index (χ4n) is 7.05. The minimum Gasteiger partial charge on any atom is -0.370 e. The number of hydrogen-bond donors (Lipinski definition) is 0. The molecule has 1 aromatic carbocycles. The Morgan fingerprint density at radius 1 is 1.14 bits per heavy atom. The van der Waals surface area contributed by atoms with Crippen molar-refractivity contribution in [3.63, 3.8) is 0 Å². The molecular weight excluding hydrogens is 268 g/mol. The molecule has 0 amide bonds. The first-order chi connectivity index (χ1) is 10.7. The van der Waals surface area contributed by atoms with E-state index in [0.29, 0.717) is 10.8 Å². The minimum absolute atomic E-state index is 0.417. The standard InChI is InChI=1S/C20H28N2/c1-3-19-10-6-13-22-14-12-20(18(19)22)15-7-4-5-8-16(15)21(2)17(20)9-11-19/h4-5,7-8,17-18H,3,6,9-14H2,1-2H3/t17-,18+,19+,20-/m1/s1. The molecule has 2 nitrogen and oxygen atoms in total. The molecule has 2 saturated heterocycles. The first-order valence-electron chi connectivity index (χ1n) is 9.29. The van der Waals surface area contributed by atoms with Crippen molar-refractivity contribution in [1.29, 1.82) is 0 Å². The van der Waals surface area contributed by atoms with Crippen molar-refractivity contribution >= 4 is 5.69 Å². The fourth-order valence-corrected chi connectivity index (χ4v) is 7.05. The number of hydrogen-bond acceptors (Lipinski definition) is 2. The summed E-state index contributed by atoms with van der Waals surface area (Å²) in [5.74, 6) is 0. The summed E-state index contributed by atoms with van der Waals surface area (Å²) in [4.78, 5) is 5.52. The first-order valence-corrected chi connectivity index (χ1v) is 9.29. The smallest absolute Gasteiger partial charge is 0.0406 e. The molecule has 0 bridgehead atoms. The topological polar surface area (TPSA) is 6.48 Å². The highest BCUT2D eigenvalue weighted by Crippen LogP contribution is 2.64. The van der Waals surface area contributed by atoms with E-state index < -0.39 is 0 Å². The number of anilines is 1. The third-order valence-corrected chi connectivity index (χ3v) is 7.83. The average molecular weight is 296 g/mol. The van der Waals surface area contributed by atoms with Gasteiger partial charge in [-0.15, -0.1) is 0 Å². The molecule has 1 saturated carbocycles. The van der Waals surface area contributed by atoms with E-state index in [0.717, 1.165) is 12.1 Å². The van der Waals surface area contributed by atoms with Crippen LogP contribution in [0.4, 0.5) is 5.69 Å². The lowest BCUT2D eigenvalue weighted by atomic mass is 9.52. The Labute approximate surface area is 134 Å². The van der Waals surface area contributed by atoms with Gasteiger partial charge in [-0.25, -0.2) is 0 Å². The third kappa shape index (κ3) is 1.33. The van der Waals surface area contributed by atoms with Gasteiger partial charge in [0.15, 0.2) is 0 Å². The summed E-state index contributed by atoms with van der Waals surface area (Å²) >= 11 is 0. The highest BCUT2D eigenvalue weighted by Gasteiger charge is 2.67. The molecule has 0 aromatic heterocycles. The lowest BCUT2D eigenvalue weighted by molar-refractivity contribution is -0.0336. The molecule has 4 atom stereocenters. The van der Waals surface area contributed by atoms with E-state index in [1.54, 1.807) is 5.56 Å². The minimum atomic E-state index is 0.417. The van der Waals surface area contributed by atoms with Gasteiger partial charge in [-0.3, -0.25) is 4.90 Å². The number of piperidine rings is 1. The molecule has 3 aliphatic heterocycles. The van der Waals surface area contributed by atoms with Crippen molar-refractivity contribution in [3.05, 3.63) is 29.8 Å². The average Bonchev–Trinajstić information content (AvgIpc) is 3.08. The van der Waals surface area contributed by atoms with Crippen LogP contribution in [0.15, 0.2) is 24.3 Å². The van der Waals surface area contributed by atoms with E-state index in [1.807, 2.05) is 0 Å². The van der Waals surface area contributed by atoms with Crippen LogP contribution in [-0.4, -0.2) is 37.1 Å². The van der Waals surface area contributed by atoms with E-state index in [1.165, 1.54) is 57.3 Å². The Morgan fingerprint density at radius 2 is 2.00 bits per heavy atom. The predicted octanol–water partition coefficient (Wildman–Crippen LogP) is 3.80. The number of nitrogens with zero attached hydrogens (tertiary/aromatic N) is 2. The Bertz CT molecular complexity index is 611. The molecular formula is C20H28N2. The van der Waals surface area contributed by atoms with E-state index >= 15 is 0 Å². The second-order valence-corrected chi connectivity index (χ2v) is 8.23. The number of para-hydroxylation sites is 1. The first kappa shape index (κ1) is 13.4. The molecule has 2 heteroatoms. The number of fused-ring (bicyclic) bond motifs is 1. The monoisotopic (exact) mass is 296 g/mol. The Kier molecular flexibility index (Phi) is 2.61. The normalized spacial score (nSPS) is 42.9. The molecule has 4 aliphatic rings. The van der Waals surface area contributed by atoms with Gasteiger partial charge in [-0.2, -0.15) is 0 Å². The van der Waals surface area contributed by atoms with Crippen molar-refractivity contribution in [3.8, 4) is 0 Å². The van der Waals surface area contributed by atoms with Gasteiger partial charge in [-0.05, 0) is 68.7 Å². The van der Waals surface area contributed by atoms with E-state index in [2.05, 4.69) is 48.0 Å². The maximum absolute atomic E-state index is 2.88. The van der Waals surface area contributed by atoms with Gasteiger partial charge in [0.1, 0.15) is 0 Å². The highest BCUT2D eigenvalue weighted by molar-refractivity contribution is 5.66. The summed E-state index contributed by atoms with van der Waals surface area (Å²) in [6.07, 6.45) is 8.46. The maximum Gasteiger partial charge on any atom is 0.0406 e. The summed E-state index contributed by atoms with van der Waals surface area (Å²) in [6, 6.07) is 10.8. The molecule has 1 spiro atoms. The summed E-state index contributed by atoms with van der Waals surface area (Å²) in [7, 11) is 2.35. The SMILES string of the molecule is CC[C@]12CCCN3CC[C@]4(c5ccccc5N(C)[C@@H]4CC1)[C@@H]32. The van der Waals surface area contributed by atoms with Crippen LogP contribution < -0.4 is 4.90 Å². The molecule has 22 heavy (non-hydrogen) atoms.